The number of hydrogen-bond acceptors (Lipinski definition) is 5. The zero-order chi connectivity index (χ0) is 27.8. The Morgan fingerprint density at radius 3 is 2.42 bits per heavy atom. The van der Waals surface area contributed by atoms with Gasteiger partial charge >= 0.3 is 0 Å². The molecule has 0 spiro atoms. The molecule has 0 fully saturated rings. The lowest BCUT2D eigenvalue weighted by atomic mass is 10.00. The molecule has 0 unspecified atom stereocenters. The number of fused-ring (bicyclic) bond motifs is 1. The maximum absolute atomic E-state index is 14.0. The number of thioether (sulfide) groups is 1. The summed E-state index contributed by atoms with van der Waals surface area (Å²) in [6, 6.07) is 25.0. The molecule has 10 heteroatoms. The number of halogens is 1. The summed E-state index contributed by atoms with van der Waals surface area (Å²) in [7, 11) is 1.84. The summed E-state index contributed by atoms with van der Waals surface area (Å²) in [4.78, 5) is 29.2. The number of rotatable bonds is 6. The van der Waals surface area contributed by atoms with Crippen LogP contribution in [-0.4, -0.2) is 47.2 Å². The van der Waals surface area contributed by atoms with Crippen LogP contribution in [0.1, 0.15) is 16.8 Å². The predicted octanol–water partition coefficient (Wildman–Crippen LogP) is 5.06. The van der Waals surface area contributed by atoms with Gasteiger partial charge in [0.1, 0.15) is 5.69 Å². The minimum Gasteiger partial charge on any atom is -0.337 e. The molecule has 1 aliphatic heterocycles. The number of para-hydroxylation sites is 1. The maximum Gasteiger partial charge on any atom is 0.296 e. The van der Waals surface area contributed by atoms with Gasteiger partial charge in [0.25, 0.3) is 5.56 Å². The average Bonchev–Trinajstić information content (AvgIpc) is 3.48. The van der Waals surface area contributed by atoms with Gasteiger partial charge in [0.05, 0.1) is 22.2 Å². The first-order chi connectivity index (χ1) is 19.4. The van der Waals surface area contributed by atoms with E-state index in [4.69, 9.17) is 11.6 Å². The van der Waals surface area contributed by atoms with Crippen molar-refractivity contribution in [3.8, 4) is 22.8 Å². The fourth-order valence-corrected chi connectivity index (χ4v) is 6.18. The van der Waals surface area contributed by atoms with Crippen LogP contribution in [0.2, 0.25) is 5.02 Å². The van der Waals surface area contributed by atoms with Gasteiger partial charge < -0.3 is 4.90 Å². The molecule has 1 aliphatic rings. The van der Waals surface area contributed by atoms with Gasteiger partial charge in [0, 0.05) is 25.7 Å². The van der Waals surface area contributed by atoms with E-state index in [0.717, 1.165) is 17.8 Å². The monoisotopic (exact) mass is 570 g/mol. The topological polar surface area (TPSA) is 78.0 Å². The Hall–Kier alpha value is -4.08. The van der Waals surface area contributed by atoms with Crippen molar-refractivity contribution in [3.05, 3.63) is 111 Å². The van der Waals surface area contributed by atoms with E-state index in [2.05, 4.69) is 22.3 Å². The number of benzene rings is 3. The lowest BCUT2D eigenvalue weighted by Gasteiger charge is -2.28. The zero-order valence-corrected chi connectivity index (χ0v) is 23.7. The highest BCUT2D eigenvalue weighted by atomic mass is 35.5. The van der Waals surface area contributed by atoms with E-state index in [1.165, 1.54) is 22.9 Å². The normalized spacial score (nSPS) is 12.9. The van der Waals surface area contributed by atoms with E-state index in [1.54, 1.807) is 15.3 Å². The fourth-order valence-electron chi connectivity index (χ4n) is 5.12. The summed E-state index contributed by atoms with van der Waals surface area (Å²) in [5.74, 6) is 0.625. The standard InChI is InChI=1S/C30H27ClN6O2S/c1-20-27(29(39)37(34(20)2)23-12-4-3-5-13-23)36-28(24-14-8-9-15-25(24)31)32-33-30(36)40-19-26(38)35-17-16-21-10-6-7-11-22(21)18-35/h3-15H,16-19H2,1-2H3. The van der Waals surface area contributed by atoms with Crippen LogP contribution in [0.5, 0.6) is 0 Å². The number of nitrogens with zero attached hydrogens (tertiary/aromatic N) is 6. The van der Waals surface area contributed by atoms with Crippen LogP contribution in [0, 0.1) is 6.92 Å². The molecule has 0 bridgehead atoms. The second-order valence-electron chi connectivity index (χ2n) is 9.65. The van der Waals surface area contributed by atoms with Crippen LogP contribution < -0.4 is 5.56 Å². The molecule has 40 heavy (non-hydrogen) atoms. The molecular formula is C30H27ClN6O2S. The number of carbonyl (C=O) groups is 1. The first-order valence-electron chi connectivity index (χ1n) is 13.0. The molecule has 3 heterocycles. The largest absolute Gasteiger partial charge is 0.337 e. The van der Waals surface area contributed by atoms with Gasteiger partial charge in [-0.1, -0.05) is 78.0 Å². The molecule has 202 valence electrons. The first kappa shape index (κ1) is 26.2. The van der Waals surface area contributed by atoms with Crippen LogP contribution in [0.15, 0.2) is 88.8 Å². The average molecular weight is 571 g/mol. The molecule has 0 atom stereocenters. The third-order valence-electron chi connectivity index (χ3n) is 7.30. The Balaban J connectivity index is 1.39. The Morgan fingerprint density at radius 1 is 0.950 bits per heavy atom. The van der Waals surface area contributed by atoms with Crippen LogP contribution in [0.3, 0.4) is 0 Å². The highest BCUT2D eigenvalue weighted by molar-refractivity contribution is 7.99. The zero-order valence-electron chi connectivity index (χ0n) is 22.1. The smallest absolute Gasteiger partial charge is 0.296 e. The van der Waals surface area contributed by atoms with Crippen LogP contribution in [-0.2, 0) is 24.8 Å². The number of aromatic nitrogens is 5. The second kappa shape index (κ2) is 10.8. The van der Waals surface area contributed by atoms with E-state index in [1.807, 2.05) is 84.2 Å². The fraction of sp³-hybridized carbons (Fsp3) is 0.200. The highest BCUT2D eigenvalue weighted by Crippen LogP contribution is 2.32. The summed E-state index contributed by atoms with van der Waals surface area (Å²) in [6.45, 7) is 3.15. The van der Waals surface area contributed by atoms with Gasteiger partial charge in [-0.25, -0.2) is 4.68 Å². The third-order valence-corrected chi connectivity index (χ3v) is 8.55. The van der Waals surface area contributed by atoms with Crippen LogP contribution >= 0.6 is 23.4 Å². The van der Waals surface area contributed by atoms with Gasteiger partial charge in [-0.05, 0) is 48.7 Å². The molecule has 0 saturated carbocycles. The second-order valence-corrected chi connectivity index (χ2v) is 11.0. The van der Waals surface area contributed by atoms with Gasteiger partial charge in [-0.2, -0.15) is 0 Å². The highest BCUT2D eigenvalue weighted by Gasteiger charge is 2.27. The predicted molar refractivity (Wildman–Crippen MR) is 157 cm³/mol. The first-order valence-corrected chi connectivity index (χ1v) is 14.3. The van der Waals surface area contributed by atoms with Crippen molar-refractivity contribution in [2.45, 2.75) is 25.0 Å². The summed E-state index contributed by atoms with van der Waals surface area (Å²) in [5.41, 5.74) is 4.77. The van der Waals surface area contributed by atoms with Crippen molar-refractivity contribution in [1.82, 2.24) is 29.0 Å². The van der Waals surface area contributed by atoms with Crippen molar-refractivity contribution >= 4 is 29.3 Å². The lowest BCUT2D eigenvalue weighted by Crippen LogP contribution is -2.37. The van der Waals surface area contributed by atoms with Gasteiger partial charge in [0.2, 0.25) is 5.91 Å². The van der Waals surface area contributed by atoms with Crippen molar-refractivity contribution < 1.29 is 4.79 Å². The molecule has 5 aromatic rings. The number of hydrogen-bond donors (Lipinski definition) is 0. The Labute approximate surface area is 240 Å². The van der Waals surface area contributed by atoms with E-state index >= 15 is 0 Å². The van der Waals surface area contributed by atoms with Crippen molar-refractivity contribution in [1.29, 1.82) is 0 Å². The van der Waals surface area contributed by atoms with E-state index in [0.29, 0.717) is 40.3 Å². The molecular weight excluding hydrogens is 544 g/mol. The summed E-state index contributed by atoms with van der Waals surface area (Å²) >= 11 is 7.84. The molecule has 3 aromatic carbocycles. The lowest BCUT2D eigenvalue weighted by molar-refractivity contribution is -0.129. The van der Waals surface area contributed by atoms with E-state index in [-0.39, 0.29) is 17.2 Å². The number of amides is 1. The van der Waals surface area contributed by atoms with Crippen LogP contribution in [0.25, 0.3) is 22.8 Å². The Morgan fingerprint density at radius 2 is 1.65 bits per heavy atom. The number of carbonyl (C=O) groups excluding carboxylic acids is 1. The molecule has 6 rings (SSSR count). The Kier molecular flexibility index (Phi) is 7.08. The summed E-state index contributed by atoms with van der Waals surface area (Å²) in [5, 5.41) is 9.85. The van der Waals surface area contributed by atoms with Crippen molar-refractivity contribution in [2.75, 3.05) is 12.3 Å². The molecule has 0 radical (unpaired) electrons. The van der Waals surface area contributed by atoms with E-state index < -0.39 is 0 Å². The SMILES string of the molecule is Cc1c(-n2c(SCC(=O)N3CCc4ccccc4C3)nnc2-c2ccccc2Cl)c(=O)n(-c2ccccc2)n1C. The third kappa shape index (κ3) is 4.65. The van der Waals surface area contributed by atoms with E-state index in [9.17, 15) is 9.59 Å². The maximum atomic E-state index is 14.0. The molecule has 8 nitrogen and oxygen atoms in total. The van der Waals surface area contributed by atoms with Gasteiger partial charge in [-0.15, -0.1) is 10.2 Å². The van der Waals surface area contributed by atoms with Gasteiger partial charge in [0.15, 0.2) is 11.0 Å². The van der Waals surface area contributed by atoms with Crippen LogP contribution in [0.4, 0.5) is 0 Å². The van der Waals surface area contributed by atoms with Gasteiger partial charge in [-0.3, -0.25) is 18.8 Å². The molecule has 0 saturated heterocycles. The molecule has 1 amide bonds. The summed E-state index contributed by atoms with van der Waals surface area (Å²) in [6.07, 6.45) is 0.835. The molecule has 0 aliphatic carbocycles. The minimum atomic E-state index is -0.222. The minimum absolute atomic E-state index is 0.0137. The quantitative estimate of drug-likeness (QED) is 0.267. The van der Waals surface area contributed by atoms with Crippen molar-refractivity contribution in [3.63, 3.8) is 0 Å². The van der Waals surface area contributed by atoms with Crippen molar-refractivity contribution in [2.24, 2.45) is 7.05 Å². The summed E-state index contributed by atoms with van der Waals surface area (Å²) < 4.78 is 5.17. The molecule has 0 N–H and O–H groups in total. The Bertz CT molecular complexity index is 1770. The molecule has 2 aromatic heterocycles.